The molecule has 0 saturated heterocycles. The highest BCUT2D eigenvalue weighted by Crippen LogP contribution is 2.16. The van der Waals surface area contributed by atoms with Crippen LogP contribution >= 0.6 is 0 Å². The number of nitrogens with one attached hydrogen (secondary N) is 1. The SMILES string of the molecule is CC(NC(=O)C(C#N)=Cc1cc(F)ccc1F)c1ccccc1. The van der Waals surface area contributed by atoms with Crippen molar-refractivity contribution in [3.05, 3.63) is 76.9 Å². The molecule has 0 saturated carbocycles. The third-order valence-electron chi connectivity index (χ3n) is 3.27. The summed E-state index contributed by atoms with van der Waals surface area (Å²) in [6.07, 6.45) is 1.03. The zero-order valence-electron chi connectivity index (χ0n) is 12.4. The van der Waals surface area contributed by atoms with Crippen LogP contribution in [-0.4, -0.2) is 5.91 Å². The van der Waals surface area contributed by atoms with Crippen molar-refractivity contribution in [3.63, 3.8) is 0 Å². The predicted octanol–water partition coefficient (Wildman–Crippen LogP) is 3.75. The summed E-state index contributed by atoms with van der Waals surface area (Å²) in [6, 6.07) is 13.4. The molecule has 0 bridgehead atoms. The Morgan fingerprint density at radius 3 is 2.57 bits per heavy atom. The van der Waals surface area contributed by atoms with E-state index in [0.29, 0.717) is 0 Å². The number of hydrogen-bond donors (Lipinski definition) is 1. The molecule has 2 aromatic rings. The van der Waals surface area contributed by atoms with Gasteiger partial charge in [0.05, 0.1) is 6.04 Å². The summed E-state index contributed by atoms with van der Waals surface area (Å²) in [5.41, 5.74) is 0.427. The van der Waals surface area contributed by atoms with Gasteiger partial charge in [-0.25, -0.2) is 8.78 Å². The lowest BCUT2D eigenvalue weighted by Gasteiger charge is -2.13. The number of hydrogen-bond acceptors (Lipinski definition) is 2. The maximum atomic E-state index is 13.6. The molecule has 1 amide bonds. The van der Waals surface area contributed by atoms with Crippen LogP contribution in [0.1, 0.15) is 24.1 Å². The quantitative estimate of drug-likeness (QED) is 0.690. The Hall–Kier alpha value is -3.00. The summed E-state index contributed by atoms with van der Waals surface area (Å²) in [5, 5.41) is 11.8. The summed E-state index contributed by atoms with van der Waals surface area (Å²) < 4.78 is 26.8. The summed E-state index contributed by atoms with van der Waals surface area (Å²) in [4.78, 5) is 12.1. The fraction of sp³-hybridized carbons (Fsp3) is 0.111. The van der Waals surface area contributed by atoms with E-state index in [9.17, 15) is 13.6 Å². The van der Waals surface area contributed by atoms with E-state index in [1.54, 1.807) is 13.0 Å². The number of nitrogens with zero attached hydrogens (tertiary/aromatic N) is 1. The van der Waals surface area contributed by atoms with E-state index >= 15 is 0 Å². The Bertz CT molecular complexity index is 779. The lowest BCUT2D eigenvalue weighted by atomic mass is 10.1. The van der Waals surface area contributed by atoms with Crippen molar-refractivity contribution in [1.29, 1.82) is 5.26 Å². The highest BCUT2D eigenvalue weighted by Gasteiger charge is 2.14. The fourth-order valence-corrected chi connectivity index (χ4v) is 2.03. The molecule has 23 heavy (non-hydrogen) atoms. The zero-order valence-corrected chi connectivity index (χ0v) is 12.4. The van der Waals surface area contributed by atoms with Crippen LogP contribution < -0.4 is 5.32 Å². The first-order chi connectivity index (χ1) is 11.0. The molecule has 0 radical (unpaired) electrons. The van der Waals surface area contributed by atoms with Crippen molar-refractivity contribution in [3.8, 4) is 6.07 Å². The van der Waals surface area contributed by atoms with Gasteiger partial charge in [-0.05, 0) is 36.8 Å². The minimum Gasteiger partial charge on any atom is -0.345 e. The molecular weight excluding hydrogens is 298 g/mol. The normalized spacial score (nSPS) is 12.3. The number of carbonyl (C=O) groups excluding carboxylic acids is 1. The van der Waals surface area contributed by atoms with Gasteiger partial charge in [-0.3, -0.25) is 4.79 Å². The molecule has 1 N–H and O–H groups in total. The molecule has 1 atom stereocenters. The summed E-state index contributed by atoms with van der Waals surface area (Å²) in [7, 11) is 0. The van der Waals surface area contributed by atoms with Gasteiger partial charge in [0.2, 0.25) is 0 Å². The van der Waals surface area contributed by atoms with Gasteiger partial charge in [-0.15, -0.1) is 0 Å². The number of amides is 1. The minimum atomic E-state index is -0.706. The van der Waals surface area contributed by atoms with Gasteiger partial charge in [0, 0.05) is 5.56 Å². The number of benzene rings is 2. The van der Waals surface area contributed by atoms with Crippen molar-refractivity contribution in [2.24, 2.45) is 0 Å². The largest absolute Gasteiger partial charge is 0.345 e. The molecule has 0 aliphatic carbocycles. The van der Waals surface area contributed by atoms with E-state index in [2.05, 4.69) is 5.32 Å². The molecule has 3 nitrogen and oxygen atoms in total. The summed E-state index contributed by atoms with van der Waals surface area (Å²) in [5.74, 6) is -2.00. The number of rotatable bonds is 4. The van der Waals surface area contributed by atoms with Crippen molar-refractivity contribution in [1.82, 2.24) is 5.32 Å². The second-order valence-electron chi connectivity index (χ2n) is 4.94. The van der Waals surface area contributed by atoms with Gasteiger partial charge in [0.15, 0.2) is 0 Å². The van der Waals surface area contributed by atoms with Gasteiger partial charge in [-0.1, -0.05) is 30.3 Å². The first kappa shape index (κ1) is 16.4. The molecule has 0 fully saturated rings. The van der Waals surface area contributed by atoms with Crippen LogP contribution in [0.25, 0.3) is 6.08 Å². The summed E-state index contributed by atoms with van der Waals surface area (Å²) >= 11 is 0. The minimum absolute atomic E-state index is 0.149. The van der Waals surface area contributed by atoms with Crippen LogP contribution in [0.3, 0.4) is 0 Å². The topological polar surface area (TPSA) is 52.9 Å². The standard InChI is InChI=1S/C18H14F2N2O/c1-12(13-5-3-2-4-6-13)22-18(23)15(11-21)9-14-10-16(19)7-8-17(14)20/h2-10,12H,1H3,(H,22,23). The molecule has 0 aliphatic heterocycles. The van der Waals surface area contributed by atoms with E-state index < -0.39 is 17.5 Å². The fourth-order valence-electron chi connectivity index (χ4n) is 2.03. The van der Waals surface area contributed by atoms with Gasteiger partial charge in [-0.2, -0.15) is 5.26 Å². The first-order valence-electron chi connectivity index (χ1n) is 6.94. The molecular formula is C18H14F2N2O. The van der Waals surface area contributed by atoms with Crippen LogP contribution in [-0.2, 0) is 4.79 Å². The monoisotopic (exact) mass is 312 g/mol. The average Bonchev–Trinajstić information content (AvgIpc) is 2.56. The average molecular weight is 312 g/mol. The van der Waals surface area contributed by atoms with Crippen molar-refractivity contribution < 1.29 is 13.6 Å². The van der Waals surface area contributed by atoms with Gasteiger partial charge < -0.3 is 5.32 Å². The highest BCUT2D eigenvalue weighted by atomic mass is 19.1. The lowest BCUT2D eigenvalue weighted by molar-refractivity contribution is -0.117. The van der Waals surface area contributed by atoms with E-state index in [1.165, 1.54) is 0 Å². The molecule has 5 heteroatoms. The zero-order chi connectivity index (χ0) is 16.8. The van der Waals surface area contributed by atoms with Crippen molar-refractivity contribution >= 4 is 12.0 Å². The van der Waals surface area contributed by atoms with Crippen molar-refractivity contribution in [2.45, 2.75) is 13.0 Å². The third-order valence-corrected chi connectivity index (χ3v) is 3.27. The second kappa shape index (κ2) is 7.32. The van der Waals surface area contributed by atoms with Crippen LogP contribution in [0.4, 0.5) is 8.78 Å². The number of nitriles is 1. The van der Waals surface area contributed by atoms with Crippen LogP contribution in [0.2, 0.25) is 0 Å². The highest BCUT2D eigenvalue weighted by molar-refractivity contribution is 6.01. The number of carbonyl (C=O) groups is 1. The van der Waals surface area contributed by atoms with Gasteiger partial charge >= 0.3 is 0 Å². The Morgan fingerprint density at radius 2 is 1.91 bits per heavy atom. The van der Waals surface area contributed by atoms with Crippen molar-refractivity contribution in [2.75, 3.05) is 0 Å². The van der Waals surface area contributed by atoms with E-state index in [4.69, 9.17) is 5.26 Å². The molecule has 1 unspecified atom stereocenters. The smallest absolute Gasteiger partial charge is 0.262 e. The molecule has 0 heterocycles. The third kappa shape index (κ3) is 4.24. The van der Waals surface area contributed by atoms with E-state index in [1.807, 2.05) is 30.3 Å². The van der Waals surface area contributed by atoms with Crippen LogP contribution in [0.15, 0.2) is 54.1 Å². The maximum absolute atomic E-state index is 13.6. The van der Waals surface area contributed by atoms with Crippen LogP contribution in [0.5, 0.6) is 0 Å². The van der Waals surface area contributed by atoms with Gasteiger partial charge in [0.25, 0.3) is 5.91 Å². The molecule has 0 aliphatic rings. The maximum Gasteiger partial charge on any atom is 0.262 e. The predicted molar refractivity (Wildman–Crippen MR) is 82.9 cm³/mol. The number of halogens is 2. The first-order valence-corrected chi connectivity index (χ1v) is 6.94. The Balaban J connectivity index is 2.20. The molecule has 2 rings (SSSR count). The molecule has 0 aromatic heterocycles. The van der Waals surface area contributed by atoms with Gasteiger partial charge in [0.1, 0.15) is 23.3 Å². The Labute approximate surface area is 132 Å². The van der Waals surface area contributed by atoms with E-state index in [-0.39, 0.29) is 17.2 Å². The summed E-state index contributed by atoms with van der Waals surface area (Å²) in [6.45, 7) is 1.77. The second-order valence-corrected chi connectivity index (χ2v) is 4.94. The molecule has 0 spiro atoms. The van der Waals surface area contributed by atoms with E-state index in [0.717, 1.165) is 29.8 Å². The Morgan fingerprint density at radius 1 is 1.22 bits per heavy atom. The molecule has 2 aromatic carbocycles. The van der Waals surface area contributed by atoms with Crippen LogP contribution in [0, 0.1) is 23.0 Å². The lowest BCUT2D eigenvalue weighted by Crippen LogP contribution is -2.27. The molecule has 116 valence electrons. The Kier molecular flexibility index (Phi) is 5.21.